The first-order chi connectivity index (χ1) is 62.7. The van der Waals surface area contributed by atoms with E-state index in [-0.39, 0.29) is 75.4 Å². The van der Waals surface area contributed by atoms with Crippen molar-refractivity contribution in [2.24, 2.45) is 27.4 Å². The molecule has 4 spiro atoms. The largest absolute Gasteiger partial charge is 0.474 e. The third-order valence-electron chi connectivity index (χ3n) is 26.6. The fraction of sp³-hybridized carbons (Fsp3) is 0.447. The molecule has 130 heavy (non-hydrogen) atoms. The highest BCUT2D eigenvalue weighted by Gasteiger charge is 2.51. The Bertz CT molecular complexity index is 5220. The lowest BCUT2D eigenvalue weighted by atomic mass is 9.59. The van der Waals surface area contributed by atoms with E-state index in [1.54, 1.807) is 61.9 Å². The fourth-order valence-electron chi connectivity index (χ4n) is 19.1. The minimum absolute atomic E-state index is 0. The number of nitrogens with two attached hydrogens (primary N) is 2. The third-order valence-corrected chi connectivity index (χ3v) is 26.6. The Morgan fingerprint density at radius 2 is 0.754 bits per heavy atom. The summed E-state index contributed by atoms with van der Waals surface area (Å²) < 4.78 is 85.1. The number of esters is 1. The van der Waals surface area contributed by atoms with Crippen molar-refractivity contribution in [3.63, 3.8) is 0 Å². The van der Waals surface area contributed by atoms with E-state index >= 15 is 0 Å². The Labute approximate surface area is 759 Å². The van der Waals surface area contributed by atoms with Gasteiger partial charge in [0.15, 0.2) is 11.6 Å². The summed E-state index contributed by atoms with van der Waals surface area (Å²) in [4.78, 5) is 75.9. The van der Waals surface area contributed by atoms with Crippen molar-refractivity contribution < 1.29 is 79.8 Å². The van der Waals surface area contributed by atoms with Gasteiger partial charge in [0.05, 0.1) is 87.8 Å². The molecule has 5 aromatic heterocycles. The fourth-order valence-corrected chi connectivity index (χ4v) is 19.1. The topological polar surface area (TPSA) is 335 Å². The van der Waals surface area contributed by atoms with Gasteiger partial charge in [0, 0.05) is 61.3 Å². The second-order valence-corrected chi connectivity index (χ2v) is 36.1. The molecule has 0 aliphatic heterocycles. The number of rotatable bonds is 32. The first kappa shape index (κ1) is 94.4. The van der Waals surface area contributed by atoms with Gasteiger partial charge in [-0.25, -0.2) is 33.5 Å². The summed E-state index contributed by atoms with van der Waals surface area (Å²) in [5, 5.41) is 12.6. The van der Waals surface area contributed by atoms with Crippen molar-refractivity contribution in [3.8, 4) is 23.5 Å². The van der Waals surface area contributed by atoms with Crippen molar-refractivity contribution in [2.45, 2.75) is 257 Å². The zero-order chi connectivity index (χ0) is 89.4. The summed E-state index contributed by atoms with van der Waals surface area (Å²) in [6.45, 7) is 4.41. The number of carbonyl (C=O) groups is 5. The number of hydrogen-bond donors (Lipinski definition) is 4. The molecule has 8 aliphatic rings. The average molecular weight is 1780 g/mol. The molecule has 8 aliphatic carbocycles. The van der Waals surface area contributed by atoms with E-state index in [2.05, 4.69) is 101 Å². The van der Waals surface area contributed by atoms with Crippen molar-refractivity contribution in [1.29, 1.82) is 0 Å². The number of halogens is 2. The molecule has 27 heteroatoms. The first-order valence-corrected chi connectivity index (χ1v) is 45.4. The van der Waals surface area contributed by atoms with Crippen LogP contribution in [0, 0.1) is 33.3 Å². The molecule has 8 saturated carbocycles. The lowest BCUT2D eigenvalue weighted by Crippen LogP contribution is -2.46. The van der Waals surface area contributed by atoms with Crippen LogP contribution in [0.1, 0.15) is 213 Å². The molecule has 0 radical (unpaired) electrons. The van der Waals surface area contributed by atoms with Crippen LogP contribution in [0.2, 0.25) is 0 Å². The van der Waals surface area contributed by atoms with Gasteiger partial charge in [-0.3, -0.25) is 19.2 Å². The summed E-state index contributed by atoms with van der Waals surface area (Å²) in [5.41, 5.74) is 20.2. The number of nitrogens with one attached hydrogen (secondary N) is 2. The van der Waals surface area contributed by atoms with E-state index in [4.69, 9.17) is 58.5 Å². The molecule has 10 aromatic rings. The molecule has 0 unspecified atom stereocenters. The van der Waals surface area contributed by atoms with Crippen LogP contribution in [0.3, 0.4) is 0 Å². The number of hydrogen-bond acceptors (Lipinski definition) is 24. The highest BCUT2D eigenvalue weighted by atomic mass is 19.2. The van der Waals surface area contributed by atoms with Crippen LogP contribution in [-0.4, -0.2) is 121 Å². The van der Waals surface area contributed by atoms with Gasteiger partial charge in [0.1, 0.15) is 24.4 Å². The van der Waals surface area contributed by atoms with Crippen molar-refractivity contribution in [1.82, 2.24) is 30.1 Å². The summed E-state index contributed by atoms with van der Waals surface area (Å²) in [6.07, 6.45) is 35.5. The number of amides is 1. The van der Waals surface area contributed by atoms with Crippen LogP contribution >= 0.6 is 0 Å². The van der Waals surface area contributed by atoms with E-state index in [0.29, 0.717) is 112 Å². The standard InChI is InChI=1S/C30H29F2N5O4.C26H31NO5.C25H30N2O4.C21H26N2O2.CH4/c31-24-8-6-20(14-25(24)32)35-29-37-36-28(41-29)27(38)34-21-7-9-26(33-17-21)40-22-10-12-30(13-11-22)15-23(16-30)39-18-19-4-2-1-3-5-19;1-2-30-25(29)23(28)14-20-8-9-24(27-17-20)32-21-10-12-26(13-11-21)15-22(16-26)31-18-19-6-4-3-5-7-19;26-15-23(29)22(28)12-19-6-7-24(27-16-19)31-20-8-10-25(11-9-20)13-21(14-25)30-17-18-4-2-1-3-5-18;22-17-6-7-20(23-14-17)25-18-8-10-21(11-9-18)12-19(13-21)24-15-16-4-2-1-3-5-16;/h1-9,14,17,22-23H,10-13,15-16,18H2,(H,34,38)(H,35,37);3-9,17,21-22H,2,10-16,18H2,1H3;1-7,16,20-21H,8-15,17,26H2;1-7,14,18-19H,8-13,15,22H2;1H4. The molecule has 0 saturated heterocycles. The minimum atomic E-state index is -1.03. The van der Waals surface area contributed by atoms with E-state index < -0.39 is 40.9 Å². The van der Waals surface area contributed by atoms with Crippen LogP contribution in [0.5, 0.6) is 23.5 Å². The van der Waals surface area contributed by atoms with Gasteiger partial charge in [-0.05, 0) is 240 Å². The Hall–Kier alpha value is -11.8. The SMILES string of the molecule is C.CCOC(=O)C(=O)Cc1ccc(OC2CCC3(CC2)CC(OCc2ccccc2)C3)nc1.NCC(=O)C(=O)Cc1ccc(OC2CCC3(CC2)CC(OCc2ccccc2)C3)nc1.Nc1ccc(OC2CCC3(CC2)CC(OCc2ccccc2)C3)nc1.O=C(Nc1ccc(OC2CCC3(CC2)CC(OCc2ccccc2)C3)nc1)c1nnc(Nc2ccc(F)c(F)c2)o1. The van der Waals surface area contributed by atoms with Crippen LogP contribution in [0.4, 0.5) is 31.9 Å². The predicted molar refractivity (Wildman–Crippen MR) is 486 cm³/mol. The number of Topliss-reactive ketones (excluding diaryl/α,β-unsaturated/α-hetero) is 3. The van der Waals surface area contributed by atoms with Gasteiger partial charge >= 0.3 is 23.8 Å². The number of aromatic nitrogens is 6. The Morgan fingerprint density at radius 3 is 1.08 bits per heavy atom. The van der Waals surface area contributed by atoms with Crippen LogP contribution in [0.15, 0.2) is 217 Å². The molecule has 0 atom stereocenters. The van der Waals surface area contributed by atoms with E-state index in [1.807, 2.05) is 72.8 Å². The van der Waals surface area contributed by atoms with E-state index in [9.17, 15) is 32.8 Å². The zero-order valence-corrected chi connectivity index (χ0v) is 73.2. The van der Waals surface area contributed by atoms with Gasteiger partial charge in [-0.1, -0.05) is 146 Å². The summed E-state index contributed by atoms with van der Waals surface area (Å²) in [6, 6.07) is 58.6. The molecule has 8 fully saturated rings. The number of benzene rings is 5. The third kappa shape index (κ3) is 27.0. The van der Waals surface area contributed by atoms with Crippen molar-refractivity contribution >= 4 is 52.3 Å². The number of carbonyl (C=O) groups excluding carboxylic acids is 5. The molecule has 686 valence electrons. The normalized spacial score (nSPS) is 24.3. The minimum Gasteiger partial charge on any atom is -0.474 e. The molecular formula is C103H120F2N10O15. The van der Waals surface area contributed by atoms with Crippen LogP contribution < -0.4 is 41.0 Å². The number of ketones is 3. The summed E-state index contributed by atoms with van der Waals surface area (Å²) in [7, 11) is 0. The monoisotopic (exact) mass is 1770 g/mol. The number of nitrogens with zero attached hydrogens (tertiary/aromatic N) is 6. The van der Waals surface area contributed by atoms with Gasteiger partial charge in [-0.15, -0.1) is 5.10 Å². The molecule has 18 rings (SSSR count). The summed E-state index contributed by atoms with van der Waals surface area (Å²) in [5.74, 6) is -3.05. The Morgan fingerprint density at radius 1 is 0.400 bits per heavy atom. The highest BCUT2D eigenvalue weighted by molar-refractivity contribution is 6.38. The lowest BCUT2D eigenvalue weighted by Gasteiger charge is -2.51. The lowest BCUT2D eigenvalue weighted by molar-refractivity contribution is -0.153. The number of ether oxygens (including phenoxy) is 9. The predicted octanol–water partition coefficient (Wildman–Crippen LogP) is 19.3. The maximum atomic E-state index is 13.4. The molecule has 25 nitrogen and oxygen atoms in total. The van der Waals surface area contributed by atoms with Crippen LogP contribution in [-0.2, 0) is 82.1 Å². The van der Waals surface area contributed by atoms with Crippen molar-refractivity contribution in [2.75, 3.05) is 29.5 Å². The highest BCUT2D eigenvalue weighted by Crippen LogP contribution is 2.57. The number of pyridine rings is 4. The van der Waals surface area contributed by atoms with Gasteiger partial charge in [-0.2, -0.15) is 0 Å². The first-order valence-electron chi connectivity index (χ1n) is 45.4. The average Bonchev–Trinajstić information content (AvgIpc) is 0.854. The van der Waals surface area contributed by atoms with Gasteiger partial charge in [0.25, 0.3) is 0 Å². The number of nitrogen functional groups attached to an aromatic ring is 1. The zero-order valence-electron chi connectivity index (χ0n) is 73.2. The van der Waals surface area contributed by atoms with E-state index in [0.717, 1.165) is 147 Å². The van der Waals surface area contributed by atoms with Crippen LogP contribution in [0.25, 0.3) is 0 Å². The quantitative estimate of drug-likeness (QED) is 0.0225. The van der Waals surface area contributed by atoms with Gasteiger partial charge in [0.2, 0.25) is 40.9 Å². The molecule has 5 heterocycles. The second-order valence-electron chi connectivity index (χ2n) is 36.1. The molecule has 0 bridgehead atoms. The molecular weight excluding hydrogens is 1660 g/mol. The van der Waals surface area contributed by atoms with Gasteiger partial charge < -0.3 is 69.1 Å². The maximum Gasteiger partial charge on any atom is 0.374 e. The molecule has 6 N–H and O–H groups in total. The number of anilines is 4. The van der Waals surface area contributed by atoms with E-state index in [1.165, 1.54) is 60.2 Å². The Kier molecular flexibility index (Phi) is 32.8. The Balaban J connectivity index is 0.000000141. The summed E-state index contributed by atoms with van der Waals surface area (Å²) >= 11 is 0. The van der Waals surface area contributed by atoms with Crippen molar-refractivity contribution in [3.05, 3.63) is 264 Å². The maximum absolute atomic E-state index is 13.4. The second kappa shape index (κ2) is 45.2. The molecule has 5 aromatic carbocycles. The smallest absolute Gasteiger partial charge is 0.374 e. The molecule has 1 amide bonds.